The SMILES string of the molecule is CC(C)CCN(CCC(C)C)C(=O)c1ccn2nc(-c3ccc(C(C)(C)C)cc3)c(C=CCN3CCCCC3)c2c1. The van der Waals surface area contributed by atoms with E-state index in [0.717, 1.165) is 60.4 Å². The molecule has 0 N–H and O–H groups in total. The number of rotatable bonds is 11. The lowest BCUT2D eigenvalue weighted by molar-refractivity contribution is 0.0741. The lowest BCUT2D eigenvalue weighted by Gasteiger charge is -2.25. The van der Waals surface area contributed by atoms with Crippen LogP contribution in [-0.2, 0) is 5.41 Å². The van der Waals surface area contributed by atoms with Crippen molar-refractivity contribution in [2.75, 3.05) is 32.7 Å². The average Bonchev–Trinajstić information content (AvgIpc) is 3.30. The Morgan fingerprint density at radius 1 is 0.951 bits per heavy atom. The first-order valence-electron chi connectivity index (χ1n) is 15.8. The van der Waals surface area contributed by atoms with E-state index < -0.39 is 0 Å². The summed E-state index contributed by atoms with van der Waals surface area (Å²) < 4.78 is 1.94. The summed E-state index contributed by atoms with van der Waals surface area (Å²) in [7, 11) is 0. The van der Waals surface area contributed by atoms with Crippen molar-refractivity contribution in [2.24, 2.45) is 11.8 Å². The van der Waals surface area contributed by atoms with Crippen LogP contribution in [0.15, 0.2) is 48.7 Å². The van der Waals surface area contributed by atoms with Gasteiger partial charge in [0, 0.05) is 42.5 Å². The Kier molecular flexibility index (Phi) is 10.5. The molecular weight excluding hydrogens is 504 g/mol. The maximum Gasteiger partial charge on any atom is 0.253 e. The number of nitrogens with zero attached hydrogens (tertiary/aromatic N) is 4. The van der Waals surface area contributed by atoms with Gasteiger partial charge in [-0.05, 0) is 73.7 Å². The Bertz CT molecular complexity index is 1290. The molecule has 41 heavy (non-hydrogen) atoms. The van der Waals surface area contributed by atoms with Crippen molar-refractivity contribution in [3.63, 3.8) is 0 Å². The number of hydrogen-bond donors (Lipinski definition) is 0. The third kappa shape index (κ3) is 8.31. The normalized spacial score (nSPS) is 15.0. The van der Waals surface area contributed by atoms with E-state index in [0.29, 0.717) is 11.8 Å². The zero-order chi connectivity index (χ0) is 29.6. The molecule has 1 aliphatic heterocycles. The van der Waals surface area contributed by atoms with Crippen molar-refractivity contribution < 1.29 is 4.79 Å². The summed E-state index contributed by atoms with van der Waals surface area (Å²) in [5.41, 5.74) is 6.27. The van der Waals surface area contributed by atoms with Crippen molar-refractivity contribution >= 4 is 17.5 Å². The van der Waals surface area contributed by atoms with Gasteiger partial charge in [0.05, 0.1) is 5.52 Å². The first-order valence-corrected chi connectivity index (χ1v) is 15.8. The number of fused-ring (bicyclic) bond motifs is 1. The van der Waals surface area contributed by atoms with E-state index >= 15 is 0 Å². The van der Waals surface area contributed by atoms with E-state index in [1.807, 2.05) is 16.8 Å². The second-order valence-electron chi connectivity index (χ2n) is 13.8. The molecule has 1 fully saturated rings. The van der Waals surface area contributed by atoms with E-state index in [-0.39, 0.29) is 11.3 Å². The van der Waals surface area contributed by atoms with Crippen LogP contribution < -0.4 is 0 Å². The van der Waals surface area contributed by atoms with Gasteiger partial charge in [-0.1, -0.05) is 91.3 Å². The largest absolute Gasteiger partial charge is 0.339 e. The fourth-order valence-corrected chi connectivity index (χ4v) is 5.49. The Labute approximate surface area is 248 Å². The third-order valence-electron chi connectivity index (χ3n) is 8.28. The van der Waals surface area contributed by atoms with E-state index in [1.54, 1.807) is 0 Å². The van der Waals surface area contributed by atoms with Crippen molar-refractivity contribution in [1.29, 1.82) is 0 Å². The van der Waals surface area contributed by atoms with Crippen molar-refractivity contribution in [3.8, 4) is 11.3 Å². The molecule has 0 spiro atoms. The lowest BCUT2D eigenvalue weighted by atomic mass is 9.86. The zero-order valence-corrected chi connectivity index (χ0v) is 26.6. The molecule has 1 saturated heterocycles. The summed E-state index contributed by atoms with van der Waals surface area (Å²) in [6.07, 6.45) is 12.4. The van der Waals surface area contributed by atoms with Crippen LogP contribution in [-0.4, -0.2) is 58.0 Å². The predicted octanol–water partition coefficient (Wildman–Crippen LogP) is 8.33. The van der Waals surface area contributed by atoms with Gasteiger partial charge in [0.2, 0.25) is 0 Å². The lowest BCUT2D eigenvalue weighted by Crippen LogP contribution is -2.34. The summed E-state index contributed by atoms with van der Waals surface area (Å²) in [6, 6.07) is 12.8. The molecule has 5 nitrogen and oxygen atoms in total. The van der Waals surface area contributed by atoms with E-state index in [2.05, 4.69) is 101 Å². The van der Waals surface area contributed by atoms with Crippen molar-refractivity contribution in [1.82, 2.24) is 19.4 Å². The van der Waals surface area contributed by atoms with Gasteiger partial charge < -0.3 is 4.90 Å². The molecule has 1 aromatic carbocycles. The minimum atomic E-state index is 0.0981. The van der Waals surface area contributed by atoms with Gasteiger partial charge in [0.15, 0.2) is 0 Å². The summed E-state index contributed by atoms with van der Waals surface area (Å²) in [6.45, 7) is 20.5. The maximum atomic E-state index is 13.8. The monoisotopic (exact) mass is 556 g/mol. The van der Waals surface area contributed by atoms with Crippen LogP contribution in [0.25, 0.3) is 22.9 Å². The Hall–Kier alpha value is -2.92. The highest BCUT2D eigenvalue weighted by Gasteiger charge is 2.20. The fourth-order valence-electron chi connectivity index (χ4n) is 5.49. The van der Waals surface area contributed by atoms with Crippen molar-refractivity contribution in [2.45, 2.75) is 86.0 Å². The zero-order valence-electron chi connectivity index (χ0n) is 26.6. The third-order valence-corrected chi connectivity index (χ3v) is 8.28. The van der Waals surface area contributed by atoms with Gasteiger partial charge in [-0.2, -0.15) is 5.10 Å². The Balaban J connectivity index is 1.71. The van der Waals surface area contributed by atoms with Gasteiger partial charge in [-0.3, -0.25) is 9.69 Å². The predicted molar refractivity (Wildman–Crippen MR) is 173 cm³/mol. The number of carbonyl (C=O) groups is 1. The minimum Gasteiger partial charge on any atom is -0.339 e. The van der Waals surface area contributed by atoms with Crippen LogP contribution in [0.1, 0.15) is 102 Å². The highest BCUT2D eigenvalue weighted by Crippen LogP contribution is 2.31. The smallest absolute Gasteiger partial charge is 0.253 e. The van der Waals surface area contributed by atoms with Crippen LogP contribution in [0.3, 0.4) is 0 Å². The van der Waals surface area contributed by atoms with Crippen LogP contribution >= 0.6 is 0 Å². The maximum absolute atomic E-state index is 13.8. The molecule has 0 saturated carbocycles. The number of likely N-dealkylation sites (tertiary alicyclic amines) is 1. The molecular formula is C36H52N4O. The van der Waals surface area contributed by atoms with Gasteiger partial charge in [-0.25, -0.2) is 4.52 Å². The molecule has 0 atom stereocenters. The van der Waals surface area contributed by atoms with E-state index in [1.165, 1.54) is 37.9 Å². The second-order valence-corrected chi connectivity index (χ2v) is 13.8. The molecule has 1 amide bonds. The van der Waals surface area contributed by atoms with Crippen LogP contribution in [0, 0.1) is 11.8 Å². The summed E-state index contributed by atoms with van der Waals surface area (Å²) >= 11 is 0. The average molecular weight is 557 g/mol. The van der Waals surface area contributed by atoms with Gasteiger partial charge in [-0.15, -0.1) is 0 Å². The number of amides is 1. The topological polar surface area (TPSA) is 40.9 Å². The molecule has 3 aromatic rings. The van der Waals surface area contributed by atoms with E-state index in [4.69, 9.17) is 5.10 Å². The molecule has 0 unspecified atom stereocenters. The van der Waals surface area contributed by atoms with E-state index in [9.17, 15) is 4.79 Å². The quantitative estimate of drug-likeness (QED) is 0.238. The van der Waals surface area contributed by atoms with Gasteiger partial charge in [0.1, 0.15) is 5.69 Å². The molecule has 222 valence electrons. The molecule has 1 aliphatic rings. The Morgan fingerprint density at radius 2 is 1.59 bits per heavy atom. The van der Waals surface area contributed by atoms with Crippen molar-refractivity contribution in [3.05, 3.63) is 65.4 Å². The number of benzene rings is 1. The van der Waals surface area contributed by atoms with Crippen LogP contribution in [0.4, 0.5) is 0 Å². The standard InChI is InChI=1S/C36H52N4O/c1-27(2)17-23-39(24-18-28(3)4)35(41)30-19-25-40-33(26-30)32(12-11-22-38-20-9-8-10-21-38)34(37-40)29-13-15-31(16-14-29)36(5,6)7/h11-16,19,25-28H,8-10,17-18,20-24H2,1-7H3. The first kappa shape index (κ1) is 31.0. The molecule has 5 heteroatoms. The molecule has 4 rings (SSSR count). The molecule has 0 aliphatic carbocycles. The molecule has 3 heterocycles. The number of carbonyl (C=O) groups excluding carboxylic acids is 1. The second kappa shape index (κ2) is 13.8. The van der Waals surface area contributed by atoms with Gasteiger partial charge in [0.25, 0.3) is 5.91 Å². The number of aromatic nitrogens is 2. The molecule has 2 aromatic heterocycles. The highest BCUT2D eigenvalue weighted by atomic mass is 16.2. The molecule has 0 radical (unpaired) electrons. The fraction of sp³-hybridized carbons (Fsp3) is 0.556. The minimum absolute atomic E-state index is 0.0981. The van der Waals surface area contributed by atoms with Gasteiger partial charge >= 0.3 is 0 Å². The first-order chi connectivity index (χ1) is 19.5. The Morgan fingerprint density at radius 3 is 2.17 bits per heavy atom. The van der Waals surface area contributed by atoms with Crippen LogP contribution in [0.2, 0.25) is 0 Å². The number of pyridine rings is 1. The van der Waals surface area contributed by atoms with Crippen LogP contribution in [0.5, 0.6) is 0 Å². The number of piperidine rings is 1. The molecule has 0 bridgehead atoms. The summed E-state index contributed by atoms with van der Waals surface area (Å²) in [5.74, 6) is 1.24. The summed E-state index contributed by atoms with van der Waals surface area (Å²) in [4.78, 5) is 18.4. The summed E-state index contributed by atoms with van der Waals surface area (Å²) in [5, 5.41) is 5.03. The highest BCUT2D eigenvalue weighted by molar-refractivity contribution is 5.96. The number of hydrogen-bond acceptors (Lipinski definition) is 3.